The molecule has 2 N–H and O–H groups in total. The van der Waals surface area contributed by atoms with Gasteiger partial charge in [-0.1, -0.05) is 0 Å². The average molecular weight is 228 g/mol. The molecule has 0 aliphatic heterocycles. The second kappa shape index (κ2) is 7.33. The van der Waals surface area contributed by atoms with E-state index in [0.29, 0.717) is 0 Å². The van der Waals surface area contributed by atoms with Crippen LogP contribution in [0.4, 0.5) is 0 Å². The van der Waals surface area contributed by atoms with Gasteiger partial charge in [0, 0.05) is 0 Å². The maximum absolute atomic E-state index is 8.65. The lowest BCUT2D eigenvalue weighted by molar-refractivity contribution is 0.280. The first-order valence-corrected chi connectivity index (χ1v) is 4.55. The van der Waals surface area contributed by atoms with Crippen LogP contribution in [-0.4, -0.2) is 22.2 Å². The van der Waals surface area contributed by atoms with E-state index in [4.69, 9.17) is 19.9 Å². The number of hydrogen-bond donors (Lipinski definition) is 2. The van der Waals surface area contributed by atoms with Crippen molar-refractivity contribution in [2.75, 3.05) is 0 Å². The standard InChI is InChI=1S/C10H16N2O4/c1-7(2)5-15-9(11-13)10(12-14)16-6-8(3)4/h5-6,13-14H,1-4H3/b11-9+,12-10+. The van der Waals surface area contributed by atoms with Crippen LogP contribution in [-0.2, 0) is 9.47 Å². The Bertz CT molecular complexity index is 301. The molecule has 16 heavy (non-hydrogen) atoms. The molecule has 0 heterocycles. The van der Waals surface area contributed by atoms with E-state index >= 15 is 0 Å². The zero-order chi connectivity index (χ0) is 12.6. The van der Waals surface area contributed by atoms with Crippen molar-refractivity contribution in [2.45, 2.75) is 27.7 Å². The van der Waals surface area contributed by atoms with Crippen LogP contribution < -0.4 is 0 Å². The minimum Gasteiger partial charge on any atom is -0.441 e. The van der Waals surface area contributed by atoms with E-state index in [0.717, 1.165) is 11.1 Å². The van der Waals surface area contributed by atoms with Crippen molar-refractivity contribution in [3.05, 3.63) is 23.7 Å². The molecule has 0 saturated carbocycles. The van der Waals surface area contributed by atoms with Gasteiger partial charge in [-0.3, -0.25) is 0 Å². The predicted octanol–water partition coefficient (Wildman–Crippen LogP) is 2.44. The predicted molar refractivity (Wildman–Crippen MR) is 59.5 cm³/mol. The third-order valence-corrected chi connectivity index (χ3v) is 1.18. The number of nitrogens with zero attached hydrogens (tertiary/aromatic N) is 2. The zero-order valence-corrected chi connectivity index (χ0v) is 9.76. The fourth-order valence-electron chi connectivity index (χ4n) is 0.581. The van der Waals surface area contributed by atoms with Crippen molar-refractivity contribution in [3.8, 4) is 0 Å². The molecule has 0 spiro atoms. The Morgan fingerprint density at radius 1 is 0.812 bits per heavy atom. The third-order valence-electron chi connectivity index (χ3n) is 1.18. The summed E-state index contributed by atoms with van der Waals surface area (Å²) >= 11 is 0. The lowest BCUT2D eigenvalue weighted by Crippen LogP contribution is -2.17. The summed E-state index contributed by atoms with van der Waals surface area (Å²) in [7, 11) is 0. The maximum atomic E-state index is 8.65. The fourth-order valence-corrected chi connectivity index (χ4v) is 0.581. The van der Waals surface area contributed by atoms with Gasteiger partial charge in [0.25, 0.3) is 0 Å². The van der Waals surface area contributed by atoms with Gasteiger partial charge < -0.3 is 19.9 Å². The molecule has 90 valence electrons. The summed E-state index contributed by atoms with van der Waals surface area (Å²) < 4.78 is 9.86. The van der Waals surface area contributed by atoms with Crippen molar-refractivity contribution >= 4 is 11.8 Å². The minimum absolute atomic E-state index is 0.332. The fraction of sp³-hybridized carbons (Fsp3) is 0.400. The highest BCUT2D eigenvalue weighted by atomic mass is 16.6. The molecule has 0 amide bonds. The zero-order valence-electron chi connectivity index (χ0n) is 9.76. The second-order valence-corrected chi connectivity index (χ2v) is 3.44. The van der Waals surface area contributed by atoms with E-state index < -0.39 is 0 Å². The van der Waals surface area contributed by atoms with Crippen LogP contribution in [0, 0.1) is 0 Å². The molecular formula is C10H16N2O4. The molecule has 0 bridgehead atoms. The van der Waals surface area contributed by atoms with Gasteiger partial charge in [-0.25, -0.2) is 0 Å². The molecule has 0 aromatic carbocycles. The Kier molecular flexibility index (Phi) is 6.42. The SMILES string of the molecule is CC(C)=COC(=N/O)/C(=N\O)OC=C(C)C. The van der Waals surface area contributed by atoms with Crippen molar-refractivity contribution in [2.24, 2.45) is 10.3 Å². The Labute approximate surface area is 94.2 Å². The van der Waals surface area contributed by atoms with Gasteiger partial charge in [0.1, 0.15) is 0 Å². The molecule has 0 aliphatic rings. The average Bonchev–Trinajstić information content (AvgIpc) is 2.22. The Hall–Kier alpha value is -1.98. The molecule has 0 saturated heterocycles. The Morgan fingerprint density at radius 3 is 1.31 bits per heavy atom. The highest BCUT2D eigenvalue weighted by molar-refractivity contribution is 6.35. The van der Waals surface area contributed by atoms with Crippen LogP contribution in [0.5, 0.6) is 0 Å². The first-order valence-electron chi connectivity index (χ1n) is 4.55. The topological polar surface area (TPSA) is 83.6 Å². The largest absolute Gasteiger partial charge is 0.441 e. The van der Waals surface area contributed by atoms with E-state index in [2.05, 4.69) is 10.3 Å². The first-order chi connectivity index (χ1) is 7.51. The molecule has 0 aromatic rings. The summed E-state index contributed by atoms with van der Waals surface area (Å²) in [5.74, 6) is -0.664. The van der Waals surface area contributed by atoms with Gasteiger partial charge in [0.15, 0.2) is 0 Å². The highest BCUT2D eigenvalue weighted by Gasteiger charge is 2.13. The van der Waals surface area contributed by atoms with Gasteiger partial charge in [0.05, 0.1) is 12.5 Å². The highest BCUT2D eigenvalue weighted by Crippen LogP contribution is 1.98. The number of allylic oxidation sites excluding steroid dienone is 2. The van der Waals surface area contributed by atoms with E-state index in [1.807, 2.05) is 0 Å². The van der Waals surface area contributed by atoms with E-state index in [1.54, 1.807) is 27.7 Å². The molecular weight excluding hydrogens is 212 g/mol. The van der Waals surface area contributed by atoms with Crippen molar-refractivity contribution in [1.82, 2.24) is 0 Å². The van der Waals surface area contributed by atoms with E-state index in [9.17, 15) is 0 Å². The lowest BCUT2D eigenvalue weighted by Gasteiger charge is -2.04. The summed E-state index contributed by atoms with van der Waals surface area (Å²) in [5, 5.41) is 22.9. The van der Waals surface area contributed by atoms with Crippen LogP contribution in [0.1, 0.15) is 27.7 Å². The number of rotatable bonds is 2. The molecule has 0 radical (unpaired) electrons. The van der Waals surface area contributed by atoms with Gasteiger partial charge in [-0.05, 0) is 49.2 Å². The van der Waals surface area contributed by atoms with Gasteiger partial charge in [-0.15, -0.1) is 0 Å². The van der Waals surface area contributed by atoms with Gasteiger partial charge in [0.2, 0.25) is 0 Å². The summed E-state index contributed by atoms with van der Waals surface area (Å²) in [6.45, 7) is 7.17. The van der Waals surface area contributed by atoms with Crippen molar-refractivity contribution < 1.29 is 19.9 Å². The normalized spacial score (nSPS) is 11.8. The summed E-state index contributed by atoms with van der Waals surface area (Å²) in [6.07, 6.45) is 2.68. The van der Waals surface area contributed by atoms with Crippen molar-refractivity contribution in [3.63, 3.8) is 0 Å². The molecule has 0 aliphatic carbocycles. The minimum atomic E-state index is -0.332. The molecule has 0 atom stereocenters. The first kappa shape index (κ1) is 14.0. The van der Waals surface area contributed by atoms with Crippen LogP contribution in [0.3, 0.4) is 0 Å². The molecule has 6 nitrogen and oxygen atoms in total. The molecule has 0 rings (SSSR count). The Balaban J connectivity index is 4.68. The van der Waals surface area contributed by atoms with E-state index in [1.165, 1.54) is 12.5 Å². The van der Waals surface area contributed by atoms with E-state index in [-0.39, 0.29) is 11.8 Å². The van der Waals surface area contributed by atoms with Crippen LogP contribution in [0.25, 0.3) is 0 Å². The summed E-state index contributed by atoms with van der Waals surface area (Å²) in [4.78, 5) is 0. The quantitative estimate of drug-likeness (QED) is 0.250. The number of oxime groups is 2. The smallest absolute Gasteiger partial charge is 0.322 e. The van der Waals surface area contributed by atoms with Gasteiger partial charge >= 0.3 is 11.8 Å². The molecule has 0 aromatic heterocycles. The molecule has 0 fully saturated rings. The monoisotopic (exact) mass is 228 g/mol. The summed E-state index contributed by atoms with van der Waals surface area (Å²) in [5.41, 5.74) is 1.70. The lowest BCUT2D eigenvalue weighted by atomic mass is 10.4. The second-order valence-electron chi connectivity index (χ2n) is 3.44. The van der Waals surface area contributed by atoms with Crippen molar-refractivity contribution in [1.29, 1.82) is 0 Å². The maximum Gasteiger partial charge on any atom is 0.322 e. The third kappa shape index (κ3) is 5.69. The van der Waals surface area contributed by atoms with Crippen LogP contribution in [0.2, 0.25) is 0 Å². The van der Waals surface area contributed by atoms with Crippen LogP contribution in [0.15, 0.2) is 34.0 Å². The molecule has 0 unspecified atom stereocenters. The van der Waals surface area contributed by atoms with Crippen LogP contribution >= 0.6 is 0 Å². The Morgan fingerprint density at radius 2 is 1.12 bits per heavy atom. The number of ether oxygens (including phenoxy) is 2. The number of hydrogen-bond acceptors (Lipinski definition) is 6. The van der Waals surface area contributed by atoms with Gasteiger partial charge in [-0.2, -0.15) is 0 Å². The summed E-state index contributed by atoms with van der Waals surface area (Å²) in [6, 6.07) is 0. The molecule has 6 heteroatoms.